The van der Waals surface area contributed by atoms with E-state index < -0.39 is 0 Å². The molecule has 2 aromatic heterocycles. The molecule has 2 aromatic rings. The molecule has 0 atom stereocenters. The minimum Gasteiger partial charge on any atom is -0.464 e. The van der Waals surface area contributed by atoms with Crippen LogP contribution in [-0.4, -0.2) is 4.57 Å². The van der Waals surface area contributed by atoms with Gasteiger partial charge in [-0.25, -0.2) is 0 Å². The Bertz CT molecular complexity index is 425. The van der Waals surface area contributed by atoms with Crippen molar-refractivity contribution in [3.63, 3.8) is 0 Å². The average Bonchev–Trinajstić information content (AvgIpc) is 2.85. The van der Waals surface area contributed by atoms with Gasteiger partial charge in [-0.3, -0.25) is 0 Å². The highest BCUT2D eigenvalue weighted by Crippen LogP contribution is 2.29. The molecule has 0 bridgehead atoms. The molecule has 14 heavy (non-hydrogen) atoms. The van der Waals surface area contributed by atoms with Crippen LogP contribution in [0.2, 0.25) is 0 Å². The zero-order chi connectivity index (χ0) is 9.38. The maximum absolute atomic E-state index is 5.43. The Kier molecular flexibility index (Phi) is 1.72. The number of hydrogen-bond acceptors (Lipinski definition) is 1. The highest BCUT2D eigenvalue weighted by atomic mass is 16.3. The van der Waals surface area contributed by atoms with Crippen LogP contribution < -0.4 is 0 Å². The summed E-state index contributed by atoms with van der Waals surface area (Å²) in [6.45, 7) is 1.16. The summed E-state index contributed by atoms with van der Waals surface area (Å²) in [5.74, 6) is 1.00. The summed E-state index contributed by atoms with van der Waals surface area (Å²) in [6, 6.07) is 6.15. The third-order valence-corrected chi connectivity index (χ3v) is 2.93. The van der Waals surface area contributed by atoms with Crippen molar-refractivity contribution in [1.82, 2.24) is 4.57 Å². The van der Waals surface area contributed by atoms with Crippen LogP contribution in [0.25, 0.3) is 11.3 Å². The van der Waals surface area contributed by atoms with E-state index >= 15 is 0 Å². The molecule has 3 rings (SSSR count). The van der Waals surface area contributed by atoms with E-state index in [4.69, 9.17) is 4.42 Å². The summed E-state index contributed by atoms with van der Waals surface area (Å²) in [7, 11) is 0. The Morgan fingerprint density at radius 1 is 1.21 bits per heavy atom. The van der Waals surface area contributed by atoms with Gasteiger partial charge in [-0.15, -0.1) is 0 Å². The van der Waals surface area contributed by atoms with Crippen LogP contribution in [0.15, 0.2) is 35.1 Å². The molecule has 0 spiro atoms. The van der Waals surface area contributed by atoms with Gasteiger partial charge in [-0.2, -0.15) is 0 Å². The van der Waals surface area contributed by atoms with Gasteiger partial charge in [0.25, 0.3) is 0 Å². The average molecular weight is 187 g/mol. The Balaban J connectivity index is 2.11. The zero-order valence-corrected chi connectivity index (χ0v) is 8.07. The second-order valence-electron chi connectivity index (χ2n) is 3.80. The Hall–Kier alpha value is -1.44. The smallest absolute Gasteiger partial charge is 0.135 e. The van der Waals surface area contributed by atoms with Crippen molar-refractivity contribution >= 4 is 0 Å². The summed E-state index contributed by atoms with van der Waals surface area (Å²) in [4.78, 5) is 0. The molecule has 0 N–H and O–H groups in total. The summed E-state index contributed by atoms with van der Waals surface area (Å²) >= 11 is 0. The lowest BCUT2D eigenvalue weighted by molar-refractivity contribution is 0.530. The molecular weight excluding hydrogens is 174 g/mol. The first kappa shape index (κ1) is 7.92. The van der Waals surface area contributed by atoms with Gasteiger partial charge in [0.2, 0.25) is 0 Å². The van der Waals surface area contributed by atoms with Crippen molar-refractivity contribution in [2.75, 3.05) is 0 Å². The molecule has 3 heterocycles. The lowest BCUT2D eigenvalue weighted by atomic mass is 10.1. The van der Waals surface area contributed by atoms with E-state index in [2.05, 4.69) is 16.8 Å². The van der Waals surface area contributed by atoms with Gasteiger partial charge in [-0.05, 0) is 37.5 Å². The quantitative estimate of drug-likeness (QED) is 0.671. The normalized spacial score (nSPS) is 15.4. The second kappa shape index (κ2) is 3.05. The van der Waals surface area contributed by atoms with E-state index in [0.717, 1.165) is 12.3 Å². The fourth-order valence-electron chi connectivity index (χ4n) is 2.22. The van der Waals surface area contributed by atoms with E-state index in [9.17, 15) is 0 Å². The summed E-state index contributed by atoms with van der Waals surface area (Å²) in [5, 5.41) is 0. The Morgan fingerprint density at radius 2 is 2.21 bits per heavy atom. The maximum Gasteiger partial charge on any atom is 0.135 e. The first-order chi connectivity index (χ1) is 6.95. The highest BCUT2D eigenvalue weighted by Gasteiger charge is 2.15. The first-order valence-electron chi connectivity index (χ1n) is 5.17. The third kappa shape index (κ3) is 1.10. The van der Waals surface area contributed by atoms with Crippen molar-refractivity contribution in [1.29, 1.82) is 0 Å². The SMILES string of the molecule is c1coc(-c2ccn3c2CCCC3)c1. The van der Waals surface area contributed by atoms with Crippen LogP contribution in [0.5, 0.6) is 0 Å². The molecule has 1 aliphatic rings. The minimum absolute atomic E-state index is 1.00. The van der Waals surface area contributed by atoms with E-state index in [1.54, 1.807) is 6.26 Å². The number of fused-ring (bicyclic) bond motifs is 1. The van der Waals surface area contributed by atoms with Crippen molar-refractivity contribution in [3.8, 4) is 11.3 Å². The summed E-state index contributed by atoms with van der Waals surface area (Å²) < 4.78 is 7.78. The van der Waals surface area contributed by atoms with Gasteiger partial charge < -0.3 is 8.98 Å². The Labute approximate surface area is 83.2 Å². The van der Waals surface area contributed by atoms with Crippen LogP contribution in [0.4, 0.5) is 0 Å². The molecule has 0 amide bonds. The Morgan fingerprint density at radius 3 is 3.07 bits per heavy atom. The molecule has 0 saturated carbocycles. The van der Waals surface area contributed by atoms with E-state index in [1.165, 1.54) is 30.5 Å². The van der Waals surface area contributed by atoms with Crippen molar-refractivity contribution in [3.05, 3.63) is 36.4 Å². The largest absolute Gasteiger partial charge is 0.464 e. The molecule has 1 aliphatic heterocycles. The van der Waals surface area contributed by atoms with Gasteiger partial charge in [0.1, 0.15) is 5.76 Å². The molecular formula is C12H13NO. The molecule has 2 nitrogen and oxygen atoms in total. The van der Waals surface area contributed by atoms with E-state index in [1.807, 2.05) is 12.1 Å². The number of rotatable bonds is 1. The van der Waals surface area contributed by atoms with Crippen molar-refractivity contribution < 1.29 is 4.42 Å². The maximum atomic E-state index is 5.43. The van der Waals surface area contributed by atoms with Crippen LogP contribution >= 0.6 is 0 Å². The van der Waals surface area contributed by atoms with Gasteiger partial charge >= 0.3 is 0 Å². The van der Waals surface area contributed by atoms with Gasteiger partial charge in [0, 0.05) is 24.0 Å². The predicted molar refractivity (Wildman–Crippen MR) is 55.1 cm³/mol. The fraction of sp³-hybridized carbons (Fsp3) is 0.333. The van der Waals surface area contributed by atoms with Gasteiger partial charge in [0.05, 0.1) is 6.26 Å². The topological polar surface area (TPSA) is 18.1 Å². The molecule has 0 unspecified atom stereocenters. The van der Waals surface area contributed by atoms with Crippen LogP contribution in [0.3, 0.4) is 0 Å². The lowest BCUT2D eigenvalue weighted by Gasteiger charge is -2.15. The zero-order valence-electron chi connectivity index (χ0n) is 8.07. The van der Waals surface area contributed by atoms with Crippen molar-refractivity contribution in [2.45, 2.75) is 25.8 Å². The van der Waals surface area contributed by atoms with Crippen molar-refractivity contribution in [2.24, 2.45) is 0 Å². The second-order valence-corrected chi connectivity index (χ2v) is 3.80. The highest BCUT2D eigenvalue weighted by molar-refractivity contribution is 5.61. The van der Waals surface area contributed by atoms with Gasteiger partial charge in [0.15, 0.2) is 0 Å². The molecule has 72 valence electrons. The summed E-state index contributed by atoms with van der Waals surface area (Å²) in [6.07, 6.45) is 7.70. The molecule has 0 saturated heterocycles. The summed E-state index contributed by atoms with van der Waals surface area (Å²) in [5.41, 5.74) is 2.71. The van der Waals surface area contributed by atoms with Crippen LogP contribution in [-0.2, 0) is 13.0 Å². The molecule has 0 aliphatic carbocycles. The van der Waals surface area contributed by atoms with E-state index in [-0.39, 0.29) is 0 Å². The number of hydrogen-bond donors (Lipinski definition) is 0. The number of nitrogens with zero attached hydrogens (tertiary/aromatic N) is 1. The molecule has 2 heteroatoms. The first-order valence-corrected chi connectivity index (χ1v) is 5.17. The minimum atomic E-state index is 1.00. The fourth-order valence-corrected chi connectivity index (χ4v) is 2.22. The monoisotopic (exact) mass is 187 g/mol. The molecule has 0 fully saturated rings. The lowest BCUT2D eigenvalue weighted by Crippen LogP contribution is -2.08. The van der Waals surface area contributed by atoms with Crippen LogP contribution in [0, 0.1) is 0 Å². The van der Waals surface area contributed by atoms with Crippen LogP contribution in [0.1, 0.15) is 18.5 Å². The number of furan rings is 1. The standard InChI is InChI=1S/C12H13NO/c1-2-7-13-8-6-10(11(13)4-1)12-5-3-9-14-12/h3,5-6,8-9H,1-2,4,7H2. The predicted octanol–water partition coefficient (Wildman–Crippen LogP) is 3.08. The number of aromatic nitrogens is 1. The van der Waals surface area contributed by atoms with E-state index in [0.29, 0.717) is 0 Å². The molecule has 0 aromatic carbocycles. The third-order valence-electron chi connectivity index (χ3n) is 2.93. The number of aryl methyl sites for hydroxylation is 1. The van der Waals surface area contributed by atoms with Gasteiger partial charge in [-0.1, -0.05) is 0 Å². The molecule has 0 radical (unpaired) electrons.